The van der Waals surface area contributed by atoms with Crippen LogP contribution < -0.4 is 4.74 Å². The van der Waals surface area contributed by atoms with Crippen LogP contribution in [0.1, 0.15) is 73.5 Å². The molecule has 1 aliphatic heterocycles. The standard InChI is InChI=1S/C29H34N2O4/c1-7-8-13-31-26(24-18(5)30-22-12-10-9-11-19(22)24)25(28(33)29(31)34)27(32)21-15-20(16(2)3)23(35-6)14-17(21)4/h9-12,14-16,26,30,32H,7-8,13H2,1-6H3/b27-25+. The van der Waals surface area contributed by atoms with Crippen LogP contribution in [0.2, 0.25) is 0 Å². The van der Waals surface area contributed by atoms with Crippen molar-refractivity contribution in [3.63, 3.8) is 0 Å². The second-order valence-electron chi connectivity index (χ2n) is 9.62. The number of rotatable bonds is 7. The molecule has 1 fully saturated rings. The molecule has 1 aromatic heterocycles. The highest BCUT2D eigenvalue weighted by atomic mass is 16.5. The molecule has 6 nitrogen and oxygen atoms in total. The number of methoxy groups -OCH3 is 1. The van der Waals surface area contributed by atoms with Crippen LogP contribution >= 0.6 is 0 Å². The lowest BCUT2D eigenvalue weighted by molar-refractivity contribution is -0.139. The average molecular weight is 475 g/mol. The number of carbonyl (C=O) groups excluding carboxylic acids is 2. The van der Waals surface area contributed by atoms with Crippen LogP contribution in [-0.2, 0) is 9.59 Å². The molecule has 4 rings (SSSR count). The predicted octanol–water partition coefficient (Wildman–Crippen LogP) is 6.14. The van der Waals surface area contributed by atoms with E-state index in [2.05, 4.69) is 25.8 Å². The smallest absolute Gasteiger partial charge is 0.295 e. The van der Waals surface area contributed by atoms with Crippen LogP contribution in [0.3, 0.4) is 0 Å². The number of ketones is 1. The van der Waals surface area contributed by atoms with Crippen molar-refractivity contribution in [3.8, 4) is 5.75 Å². The number of H-pyrrole nitrogens is 1. The lowest BCUT2D eigenvalue weighted by Crippen LogP contribution is -2.30. The third-order valence-electron chi connectivity index (χ3n) is 6.96. The highest BCUT2D eigenvalue weighted by Gasteiger charge is 2.47. The number of benzene rings is 2. The van der Waals surface area contributed by atoms with Crippen LogP contribution in [0.5, 0.6) is 5.75 Å². The number of likely N-dealkylation sites (tertiary alicyclic amines) is 1. The van der Waals surface area contributed by atoms with Gasteiger partial charge in [-0.2, -0.15) is 0 Å². The number of ether oxygens (including phenoxy) is 1. The van der Waals surface area contributed by atoms with Gasteiger partial charge in [0.2, 0.25) is 0 Å². The van der Waals surface area contributed by atoms with E-state index in [9.17, 15) is 14.7 Å². The number of fused-ring (bicyclic) bond motifs is 1. The van der Waals surface area contributed by atoms with Crippen molar-refractivity contribution in [1.29, 1.82) is 0 Å². The first-order chi connectivity index (χ1) is 16.7. The number of aliphatic hydroxyl groups is 1. The molecule has 1 aliphatic rings. The molecule has 0 radical (unpaired) electrons. The summed E-state index contributed by atoms with van der Waals surface area (Å²) in [6.45, 7) is 10.4. The summed E-state index contributed by atoms with van der Waals surface area (Å²) in [6.07, 6.45) is 1.65. The summed E-state index contributed by atoms with van der Waals surface area (Å²) >= 11 is 0. The van der Waals surface area contributed by atoms with Crippen LogP contribution in [0.25, 0.3) is 16.7 Å². The molecule has 1 saturated heterocycles. The first kappa shape index (κ1) is 24.6. The number of amides is 1. The fourth-order valence-electron chi connectivity index (χ4n) is 5.12. The molecule has 1 unspecified atom stereocenters. The van der Waals surface area contributed by atoms with E-state index in [-0.39, 0.29) is 17.3 Å². The van der Waals surface area contributed by atoms with Crippen molar-refractivity contribution in [2.24, 2.45) is 0 Å². The van der Waals surface area contributed by atoms with Gasteiger partial charge in [0.1, 0.15) is 11.5 Å². The number of hydrogen-bond donors (Lipinski definition) is 2. The number of aliphatic hydroxyl groups excluding tert-OH is 1. The molecule has 2 aromatic carbocycles. The van der Waals surface area contributed by atoms with Gasteiger partial charge in [-0.3, -0.25) is 9.59 Å². The molecule has 2 heterocycles. The van der Waals surface area contributed by atoms with Crippen molar-refractivity contribution in [1.82, 2.24) is 9.88 Å². The largest absolute Gasteiger partial charge is 0.507 e. The molecule has 35 heavy (non-hydrogen) atoms. The van der Waals surface area contributed by atoms with Gasteiger partial charge in [0, 0.05) is 34.3 Å². The van der Waals surface area contributed by atoms with Gasteiger partial charge in [-0.25, -0.2) is 0 Å². The summed E-state index contributed by atoms with van der Waals surface area (Å²) in [7, 11) is 1.62. The second kappa shape index (κ2) is 9.61. The molecular weight excluding hydrogens is 440 g/mol. The first-order valence-electron chi connectivity index (χ1n) is 12.3. The molecule has 0 saturated carbocycles. The Bertz CT molecular complexity index is 1330. The van der Waals surface area contributed by atoms with E-state index in [1.165, 1.54) is 0 Å². The third kappa shape index (κ3) is 4.11. The summed E-state index contributed by atoms with van der Waals surface area (Å²) in [5, 5.41) is 12.6. The Labute approximate surface area is 206 Å². The fourth-order valence-corrected chi connectivity index (χ4v) is 5.12. The summed E-state index contributed by atoms with van der Waals surface area (Å²) in [5.41, 5.74) is 5.06. The molecule has 0 aliphatic carbocycles. The average Bonchev–Trinajstić information content (AvgIpc) is 3.28. The summed E-state index contributed by atoms with van der Waals surface area (Å²) in [4.78, 5) is 31.7. The Kier molecular flexibility index (Phi) is 6.75. The summed E-state index contributed by atoms with van der Waals surface area (Å²) in [6, 6.07) is 11.0. The van der Waals surface area contributed by atoms with Gasteiger partial charge in [0.25, 0.3) is 11.7 Å². The SMILES string of the molecule is CCCCN1C(=O)C(=O)/C(=C(/O)c2cc(C(C)C)c(OC)cc2C)C1c1c(C)[nH]c2ccccc12. The van der Waals surface area contributed by atoms with Crippen LogP contribution in [0.15, 0.2) is 42.0 Å². The Morgan fingerprint density at radius 1 is 1.17 bits per heavy atom. The number of para-hydroxylation sites is 1. The van der Waals surface area contributed by atoms with E-state index in [1.54, 1.807) is 12.0 Å². The maximum atomic E-state index is 13.5. The number of carbonyl (C=O) groups is 2. The topological polar surface area (TPSA) is 82.6 Å². The number of aromatic nitrogens is 1. The number of aryl methyl sites for hydroxylation is 2. The minimum absolute atomic E-state index is 0.140. The maximum Gasteiger partial charge on any atom is 0.295 e. The number of Topliss-reactive ketones (excluding diaryl/α,β-unsaturated/α-hetero) is 1. The van der Waals surface area contributed by atoms with Gasteiger partial charge in [-0.05, 0) is 55.5 Å². The minimum atomic E-state index is -0.665. The van der Waals surface area contributed by atoms with Crippen LogP contribution in [0.4, 0.5) is 0 Å². The highest BCUT2D eigenvalue weighted by molar-refractivity contribution is 6.46. The van der Waals surface area contributed by atoms with E-state index < -0.39 is 17.7 Å². The highest BCUT2D eigenvalue weighted by Crippen LogP contribution is 2.44. The number of hydrogen-bond acceptors (Lipinski definition) is 4. The zero-order valence-electron chi connectivity index (χ0n) is 21.4. The molecule has 1 amide bonds. The van der Waals surface area contributed by atoms with Crippen LogP contribution in [0, 0.1) is 13.8 Å². The Morgan fingerprint density at radius 2 is 1.89 bits per heavy atom. The Hall–Kier alpha value is -3.54. The number of aromatic amines is 1. The molecule has 184 valence electrons. The van der Waals surface area contributed by atoms with Crippen molar-refractivity contribution < 1.29 is 19.4 Å². The summed E-state index contributed by atoms with van der Waals surface area (Å²) < 4.78 is 5.56. The minimum Gasteiger partial charge on any atom is -0.507 e. The molecule has 6 heteroatoms. The van der Waals surface area contributed by atoms with Gasteiger partial charge >= 0.3 is 0 Å². The number of nitrogens with one attached hydrogen (secondary N) is 1. The van der Waals surface area contributed by atoms with Gasteiger partial charge in [-0.15, -0.1) is 0 Å². The zero-order valence-corrected chi connectivity index (χ0v) is 21.4. The van der Waals surface area contributed by atoms with E-state index >= 15 is 0 Å². The van der Waals surface area contributed by atoms with E-state index in [0.717, 1.165) is 51.9 Å². The molecule has 2 N–H and O–H groups in total. The van der Waals surface area contributed by atoms with E-state index in [1.807, 2.05) is 50.2 Å². The molecule has 0 spiro atoms. The zero-order chi connectivity index (χ0) is 25.4. The van der Waals surface area contributed by atoms with E-state index in [4.69, 9.17) is 4.74 Å². The normalized spacial score (nSPS) is 17.7. The monoisotopic (exact) mass is 474 g/mol. The predicted molar refractivity (Wildman–Crippen MR) is 139 cm³/mol. The van der Waals surface area contributed by atoms with Gasteiger partial charge in [-0.1, -0.05) is 45.4 Å². The van der Waals surface area contributed by atoms with Crippen molar-refractivity contribution in [2.75, 3.05) is 13.7 Å². The molecule has 0 bridgehead atoms. The number of unbranched alkanes of at least 4 members (excludes halogenated alkanes) is 1. The third-order valence-corrected chi connectivity index (χ3v) is 6.96. The van der Waals surface area contributed by atoms with Gasteiger partial charge in [0.05, 0.1) is 18.7 Å². The Morgan fingerprint density at radius 3 is 2.54 bits per heavy atom. The quantitative estimate of drug-likeness (QED) is 0.245. The lowest BCUT2D eigenvalue weighted by atomic mass is 9.90. The number of nitrogens with zero attached hydrogens (tertiary/aromatic N) is 1. The second-order valence-corrected chi connectivity index (χ2v) is 9.62. The van der Waals surface area contributed by atoms with Crippen LogP contribution in [-0.4, -0.2) is 40.3 Å². The molecule has 1 atom stereocenters. The van der Waals surface area contributed by atoms with Gasteiger partial charge < -0.3 is 19.7 Å². The fraction of sp³-hybridized carbons (Fsp3) is 0.379. The van der Waals surface area contributed by atoms with Crippen molar-refractivity contribution >= 4 is 28.4 Å². The summed E-state index contributed by atoms with van der Waals surface area (Å²) in [5.74, 6) is -0.462. The van der Waals surface area contributed by atoms with Gasteiger partial charge in [0.15, 0.2) is 0 Å². The van der Waals surface area contributed by atoms with Crippen molar-refractivity contribution in [3.05, 3.63) is 69.9 Å². The Balaban J connectivity index is 2.00. The van der Waals surface area contributed by atoms with E-state index in [0.29, 0.717) is 12.1 Å². The van der Waals surface area contributed by atoms with Crippen molar-refractivity contribution in [2.45, 2.75) is 59.4 Å². The first-order valence-corrected chi connectivity index (χ1v) is 12.3. The lowest BCUT2D eigenvalue weighted by Gasteiger charge is -2.26. The molecule has 3 aromatic rings. The maximum absolute atomic E-state index is 13.5. The molecular formula is C29H34N2O4.